The summed E-state index contributed by atoms with van der Waals surface area (Å²) in [7, 11) is -5.52. The molecule has 12 heteroatoms. The van der Waals surface area contributed by atoms with Gasteiger partial charge in [-0.25, -0.2) is 0 Å². The molecule has 1 aromatic carbocycles. The molecule has 0 fully saturated rings. The largest absolute Gasteiger partial charge is 0.370 e. The number of nitro groups is 1. The van der Waals surface area contributed by atoms with E-state index in [-0.39, 0.29) is 0 Å². The van der Waals surface area contributed by atoms with E-state index in [0.29, 0.717) is 0 Å². The molecule has 0 aliphatic heterocycles. The molecule has 0 bridgehead atoms. The Bertz CT molecular complexity index is 560. The Morgan fingerprint density at radius 3 is 2.10 bits per heavy atom. The summed E-state index contributed by atoms with van der Waals surface area (Å²) in [5, 5.41) is 16.6. The molecule has 11 nitrogen and oxygen atoms in total. The first-order valence-corrected chi connectivity index (χ1v) is 6.58. The highest BCUT2D eigenvalue weighted by atomic mass is 31.2. The van der Waals surface area contributed by atoms with Crippen molar-refractivity contribution in [1.82, 2.24) is 0 Å². The van der Waals surface area contributed by atoms with E-state index in [0.717, 1.165) is 12.1 Å². The van der Waals surface area contributed by atoms with Crippen molar-refractivity contribution < 1.29 is 29.2 Å². The van der Waals surface area contributed by atoms with Crippen LogP contribution in [0, 0.1) is 20.2 Å². The van der Waals surface area contributed by atoms with Crippen LogP contribution in [0.1, 0.15) is 5.56 Å². The van der Waals surface area contributed by atoms with Gasteiger partial charge in [0.2, 0.25) is 0 Å². The summed E-state index contributed by atoms with van der Waals surface area (Å²) in [5.41, 5.74) is 4.66. The van der Waals surface area contributed by atoms with Crippen molar-refractivity contribution in [3.8, 4) is 0 Å². The summed E-state index contributed by atoms with van der Waals surface area (Å²) >= 11 is 0. The Hall–Kier alpha value is -2.07. The van der Waals surface area contributed by atoms with E-state index in [9.17, 15) is 34.6 Å². The second-order valence-corrected chi connectivity index (χ2v) is 5.40. The topological polar surface area (TPSA) is 179 Å². The summed E-state index contributed by atoms with van der Waals surface area (Å²) in [6, 6.07) is 6.06. The van der Waals surface area contributed by atoms with Crippen molar-refractivity contribution in [2.45, 2.75) is 11.5 Å². The normalized spacial score (nSPS) is 15.9. The molecule has 0 aliphatic rings. The highest BCUT2D eigenvalue weighted by Crippen LogP contribution is 2.59. The second-order valence-electron chi connectivity index (χ2n) is 3.65. The maximum absolute atomic E-state index is 11.6. The molecule has 4 N–H and O–H groups in total. The molecular weight excluding hydrogens is 297 g/mol. The van der Waals surface area contributed by atoms with Gasteiger partial charge in [-0.2, -0.15) is 0 Å². The van der Waals surface area contributed by atoms with Crippen LogP contribution >= 0.6 is 7.60 Å². The number of nitrogens with two attached hydrogens (primary N) is 1. The SMILES string of the molecule is NC([N+](=O)[O-])C(O[N+](=O)[O-])(c1ccccc1)P(=O)(O)O. The lowest BCUT2D eigenvalue weighted by Gasteiger charge is -2.31. The third-order valence-electron chi connectivity index (χ3n) is 2.46. The Balaban J connectivity index is 3.63. The Kier molecular flexibility index (Phi) is 4.40. The number of hydrogen-bond donors (Lipinski definition) is 3. The van der Waals surface area contributed by atoms with Crippen LogP contribution in [0.5, 0.6) is 0 Å². The molecule has 0 aliphatic carbocycles. The minimum absolute atomic E-state index is 0.478. The van der Waals surface area contributed by atoms with Gasteiger partial charge in [-0.1, -0.05) is 30.3 Å². The molecule has 0 aromatic heterocycles. The van der Waals surface area contributed by atoms with Gasteiger partial charge >= 0.3 is 19.1 Å². The van der Waals surface area contributed by atoms with Gasteiger partial charge in [-0.15, -0.1) is 10.1 Å². The molecule has 0 saturated heterocycles. The van der Waals surface area contributed by atoms with Crippen molar-refractivity contribution >= 4 is 7.60 Å². The average molecular weight is 307 g/mol. The van der Waals surface area contributed by atoms with Gasteiger partial charge in [-0.05, 0) is 0 Å². The number of rotatable bonds is 6. The average Bonchev–Trinajstić information content (AvgIpc) is 2.34. The maximum Gasteiger partial charge on any atom is 0.370 e. The van der Waals surface area contributed by atoms with Crippen LogP contribution in [-0.4, -0.2) is 26.0 Å². The Morgan fingerprint density at radius 2 is 1.75 bits per heavy atom. The van der Waals surface area contributed by atoms with Gasteiger partial charge in [0.05, 0.1) is 0 Å². The summed E-state index contributed by atoms with van der Waals surface area (Å²) < 4.78 is 11.6. The minimum Gasteiger partial charge on any atom is -0.322 e. The zero-order valence-electron chi connectivity index (χ0n) is 9.73. The van der Waals surface area contributed by atoms with Crippen molar-refractivity contribution in [2.75, 3.05) is 0 Å². The van der Waals surface area contributed by atoms with Crippen LogP contribution in [0.25, 0.3) is 0 Å². The van der Waals surface area contributed by atoms with Crippen LogP contribution in [0.3, 0.4) is 0 Å². The van der Waals surface area contributed by atoms with Crippen LogP contribution in [0.2, 0.25) is 0 Å². The van der Waals surface area contributed by atoms with E-state index in [2.05, 4.69) is 4.84 Å². The third kappa shape index (κ3) is 2.75. The second kappa shape index (κ2) is 5.51. The summed E-state index contributed by atoms with van der Waals surface area (Å²) in [4.78, 5) is 42.7. The Labute approximate surface area is 111 Å². The number of hydrogen-bond acceptors (Lipinski definition) is 7. The zero-order chi connectivity index (χ0) is 15.6. The van der Waals surface area contributed by atoms with Crippen LogP contribution in [-0.2, 0) is 14.7 Å². The van der Waals surface area contributed by atoms with Crippen molar-refractivity contribution in [2.24, 2.45) is 5.73 Å². The molecule has 1 rings (SSSR count). The van der Waals surface area contributed by atoms with E-state index in [4.69, 9.17) is 5.73 Å². The molecular formula is C8H10N3O8P. The van der Waals surface area contributed by atoms with Crippen LogP contribution in [0.4, 0.5) is 0 Å². The fourth-order valence-corrected chi connectivity index (χ4v) is 2.70. The van der Waals surface area contributed by atoms with Gasteiger partial charge in [0.15, 0.2) is 0 Å². The van der Waals surface area contributed by atoms with E-state index in [1.807, 2.05) is 0 Å². The van der Waals surface area contributed by atoms with E-state index in [1.165, 1.54) is 18.2 Å². The number of nitrogens with zero attached hydrogens (tertiary/aromatic N) is 2. The summed E-state index contributed by atoms with van der Waals surface area (Å²) in [5.74, 6) is 0. The molecule has 20 heavy (non-hydrogen) atoms. The first-order valence-electron chi connectivity index (χ1n) is 4.96. The molecule has 0 amide bonds. The molecule has 0 spiro atoms. The monoisotopic (exact) mass is 307 g/mol. The van der Waals surface area contributed by atoms with Crippen molar-refractivity contribution in [1.29, 1.82) is 0 Å². The molecule has 1 aromatic rings. The van der Waals surface area contributed by atoms with Crippen molar-refractivity contribution in [3.05, 3.63) is 56.1 Å². The standard InChI is InChI=1S/C8H10N3O8P/c9-7(10(12)13)8(19-11(14)15,20(16,17)18)6-4-2-1-3-5-6/h1-5,7H,9H2,(H2,16,17,18). The Morgan fingerprint density at radius 1 is 1.25 bits per heavy atom. The lowest BCUT2D eigenvalue weighted by molar-refractivity contribution is -0.788. The van der Waals surface area contributed by atoms with Crippen LogP contribution < -0.4 is 5.73 Å². The first kappa shape index (κ1) is 16.0. The molecule has 2 unspecified atom stereocenters. The van der Waals surface area contributed by atoms with Crippen molar-refractivity contribution in [3.63, 3.8) is 0 Å². The maximum atomic E-state index is 11.6. The van der Waals surface area contributed by atoms with Gasteiger partial charge in [0.25, 0.3) is 5.09 Å². The fourth-order valence-electron chi connectivity index (χ4n) is 1.60. The lowest BCUT2D eigenvalue weighted by Crippen LogP contribution is -2.52. The molecule has 2 atom stereocenters. The first-order chi connectivity index (χ1) is 9.13. The fraction of sp³-hybridized carbons (Fsp3) is 0.250. The summed E-state index contributed by atoms with van der Waals surface area (Å²) in [6.45, 7) is 0. The molecule has 0 saturated carbocycles. The predicted molar refractivity (Wildman–Crippen MR) is 63.2 cm³/mol. The predicted octanol–water partition coefficient (Wildman–Crippen LogP) is -0.213. The summed E-state index contributed by atoms with van der Waals surface area (Å²) in [6.07, 6.45) is -2.55. The smallest absolute Gasteiger partial charge is 0.322 e. The third-order valence-corrected chi connectivity index (χ3v) is 3.93. The van der Waals surface area contributed by atoms with Gasteiger partial charge in [0, 0.05) is 10.5 Å². The number of benzene rings is 1. The van der Waals surface area contributed by atoms with E-state index >= 15 is 0 Å². The zero-order valence-corrected chi connectivity index (χ0v) is 10.6. The quantitative estimate of drug-likeness (QED) is 0.277. The highest BCUT2D eigenvalue weighted by Gasteiger charge is 2.63. The van der Waals surface area contributed by atoms with Gasteiger partial charge in [-0.3, -0.25) is 25.3 Å². The van der Waals surface area contributed by atoms with Gasteiger partial charge in [0.1, 0.15) is 0 Å². The van der Waals surface area contributed by atoms with Crippen LogP contribution in [0.15, 0.2) is 30.3 Å². The molecule has 0 radical (unpaired) electrons. The van der Waals surface area contributed by atoms with E-state index < -0.39 is 34.7 Å². The highest BCUT2D eigenvalue weighted by molar-refractivity contribution is 7.53. The molecule has 0 heterocycles. The van der Waals surface area contributed by atoms with Gasteiger partial charge < -0.3 is 9.79 Å². The molecule has 110 valence electrons. The van der Waals surface area contributed by atoms with E-state index in [1.54, 1.807) is 0 Å². The minimum atomic E-state index is -5.52. The lowest BCUT2D eigenvalue weighted by atomic mass is 10.1.